The topological polar surface area (TPSA) is 72.7 Å². The number of nitrogens with zero attached hydrogens (tertiary/aromatic N) is 4. The zero-order valence-electron chi connectivity index (χ0n) is 9.87. The van der Waals surface area contributed by atoms with Gasteiger partial charge in [0.15, 0.2) is 4.34 Å². The Balaban J connectivity index is 1.70. The molecule has 2 heterocycles. The molecule has 2 rings (SSSR count). The molecule has 8 heteroatoms. The number of aryl methyl sites for hydroxylation is 1. The minimum absolute atomic E-state index is 0.122. The van der Waals surface area contributed by atoms with Crippen LogP contribution in [0.15, 0.2) is 23.1 Å². The van der Waals surface area contributed by atoms with Crippen molar-refractivity contribution in [3.63, 3.8) is 0 Å². The van der Waals surface area contributed by atoms with E-state index in [4.69, 9.17) is 0 Å². The number of hydrogen-bond donors (Lipinski definition) is 1. The number of thioether (sulfide) groups is 1. The lowest BCUT2D eigenvalue weighted by Gasteiger charge is -1.99. The standard InChI is InChI=1S/C10H13N5OS2/c1-8(16)12-9-13-14-10(18-9)17-6-2-4-15-5-3-11-7-15/h3,5,7H,2,4,6H2,1H3,(H,12,13,16). The Labute approximate surface area is 113 Å². The van der Waals surface area contributed by atoms with Crippen molar-refractivity contribution in [3.8, 4) is 0 Å². The first-order valence-corrected chi connectivity index (χ1v) is 7.24. The average Bonchev–Trinajstić information content (AvgIpc) is 2.95. The lowest BCUT2D eigenvalue weighted by atomic mass is 10.5. The zero-order valence-corrected chi connectivity index (χ0v) is 11.5. The number of anilines is 1. The number of rotatable bonds is 6. The summed E-state index contributed by atoms with van der Waals surface area (Å²) in [5, 5.41) is 11.1. The van der Waals surface area contributed by atoms with Gasteiger partial charge in [-0.05, 0) is 6.42 Å². The van der Waals surface area contributed by atoms with E-state index in [0.29, 0.717) is 5.13 Å². The second kappa shape index (κ2) is 6.50. The molecule has 0 aromatic carbocycles. The van der Waals surface area contributed by atoms with Crippen molar-refractivity contribution in [1.29, 1.82) is 0 Å². The summed E-state index contributed by atoms with van der Waals surface area (Å²) in [5.41, 5.74) is 0. The predicted octanol–water partition coefficient (Wildman–Crippen LogP) is 1.88. The molecule has 0 aliphatic rings. The van der Waals surface area contributed by atoms with E-state index in [1.165, 1.54) is 18.3 Å². The molecule has 0 aliphatic carbocycles. The Morgan fingerprint density at radius 3 is 3.17 bits per heavy atom. The van der Waals surface area contributed by atoms with Gasteiger partial charge in [0.1, 0.15) is 0 Å². The third-order valence-electron chi connectivity index (χ3n) is 2.03. The van der Waals surface area contributed by atoms with Gasteiger partial charge in [-0.1, -0.05) is 23.1 Å². The van der Waals surface area contributed by atoms with Gasteiger partial charge < -0.3 is 9.88 Å². The van der Waals surface area contributed by atoms with Crippen LogP contribution in [0.3, 0.4) is 0 Å². The molecule has 18 heavy (non-hydrogen) atoms. The summed E-state index contributed by atoms with van der Waals surface area (Å²) in [7, 11) is 0. The Morgan fingerprint density at radius 2 is 2.44 bits per heavy atom. The zero-order chi connectivity index (χ0) is 12.8. The van der Waals surface area contributed by atoms with Gasteiger partial charge in [-0.15, -0.1) is 10.2 Å². The van der Waals surface area contributed by atoms with E-state index in [1.807, 2.05) is 17.1 Å². The molecule has 1 N–H and O–H groups in total. The van der Waals surface area contributed by atoms with E-state index in [-0.39, 0.29) is 5.91 Å². The summed E-state index contributed by atoms with van der Waals surface area (Å²) in [6.07, 6.45) is 6.57. The number of hydrogen-bond acceptors (Lipinski definition) is 6. The lowest BCUT2D eigenvalue weighted by Crippen LogP contribution is -2.04. The molecule has 96 valence electrons. The maximum Gasteiger partial charge on any atom is 0.223 e. The van der Waals surface area contributed by atoms with Crippen LogP contribution in [0.25, 0.3) is 0 Å². The molecule has 6 nitrogen and oxygen atoms in total. The third kappa shape index (κ3) is 4.11. The summed E-state index contributed by atoms with van der Waals surface area (Å²) in [5.74, 6) is 0.843. The van der Waals surface area contributed by atoms with Crippen LogP contribution in [0, 0.1) is 0 Å². The minimum atomic E-state index is -0.122. The number of nitrogens with one attached hydrogen (secondary N) is 1. The first-order valence-electron chi connectivity index (χ1n) is 5.43. The smallest absolute Gasteiger partial charge is 0.223 e. The average molecular weight is 283 g/mol. The SMILES string of the molecule is CC(=O)Nc1nnc(SCCCn2ccnc2)s1. The van der Waals surface area contributed by atoms with Crippen LogP contribution in [0.2, 0.25) is 0 Å². The van der Waals surface area contributed by atoms with Gasteiger partial charge in [0, 0.05) is 31.6 Å². The first-order chi connectivity index (χ1) is 8.74. The summed E-state index contributed by atoms with van der Waals surface area (Å²) < 4.78 is 2.92. The van der Waals surface area contributed by atoms with E-state index in [1.54, 1.807) is 18.0 Å². The van der Waals surface area contributed by atoms with E-state index in [9.17, 15) is 4.79 Å². The second-order valence-electron chi connectivity index (χ2n) is 3.56. The molecule has 0 spiro atoms. The van der Waals surface area contributed by atoms with E-state index in [0.717, 1.165) is 23.1 Å². The quantitative estimate of drug-likeness (QED) is 0.498. The van der Waals surface area contributed by atoms with E-state index in [2.05, 4.69) is 20.5 Å². The van der Waals surface area contributed by atoms with Gasteiger partial charge in [0.25, 0.3) is 0 Å². The van der Waals surface area contributed by atoms with Crippen molar-refractivity contribution in [2.24, 2.45) is 0 Å². The molecule has 0 saturated heterocycles. The summed E-state index contributed by atoms with van der Waals surface area (Å²) in [4.78, 5) is 14.8. The normalized spacial score (nSPS) is 10.5. The fourth-order valence-electron chi connectivity index (χ4n) is 1.29. The molecular formula is C10H13N5OS2. The largest absolute Gasteiger partial charge is 0.337 e. The number of amides is 1. The molecule has 0 atom stereocenters. The predicted molar refractivity (Wildman–Crippen MR) is 71.8 cm³/mol. The fourth-order valence-corrected chi connectivity index (χ4v) is 3.09. The Bertz CT molecular complexity index is 496. The second-order valence-corrected chi connectivity index (χ2v) is 5.88. The van der Waals surface area contributed by atoms with Crippen molar-refractivity contribution in [2.75, 3.05) is 11.1 Å². The maximum atomic E-state index is 10.8. The molecule has 2 aromatic rings. The van der Waals surface area contributed by atoms with Gasteiger partial charge in [0.05, 0.1) is 6.33 Å². The van der Waals surface area contributed by atoms with Gasteiger partial charge >= 0.3 is 0 Å². The van der Waals surface area contributed by atoms with Gasteiger partial charge in [-0.2, -0.15) is 0 Å². The lowest BCUT2D eigenvalue weighted by molar-refractivity contribution is -0.114. The molecule has 0 unspecified atom stereocenters. The van der Waals surface area contributed by atoms with Gasteiger partial charge in [-0.3, -0.25) is 4.79 Å². The van der Waals surface area contributed by atoms with Crippen LogP contribution in [0.5, 0.6) is 0 Å². The Morgan fingerprint density at radius 1 is 1.56 bits per heavy atom. The molecular weight excluding hydrogens is 270 g/mol. The number of carbonyl (C=O) groups excluding carboxylic acids is 1. The number of carbonyl (C=O) groups is 1. The summed E-state index contributed by atoms with van der Waals surface area (Å²) >= 11 is 3.05. The first kappa shape index (κ1) is 13.0. The van der Waals surface area contributed by atoms with E-state index >= 15 is 0 Å². The van der Waals surface area contributed by atoms with Crippen LogP contribution < -0.4 is 5.32 Å². The Kier molecular flexibility index (Phi) is 4.71. The summed E-state index contributed by atoms with van der Waals surface area (Å²) in [6, 6.07) is 0. The number of imidazole rings is 1. The molecule has 2 aromatic heterocycles. The van der Waals surface area contributed by atoms with Crippen molar-refractivity contribution >= 4 is 34.1 Å². The van der Waals surface area contributed by atoms with Crippen LogP contribution >= 0.6 is 23.1 Å². The van der Waals surface area contributed by atoms with E-state index < -0.39 is 0 Å². The Hall–Kier alpha value is -1.41. The van der Waals surface area contributed by atoms with Gasteiger partial charge in [0.2, 0.25) is 11.0 Å². The van der Waals surface area contributed by atoms with Crippen molar-refractivity contribution < 1.29 is 4.79 Å². The van der Waals surface area contributed by atoms with Gasteiger partial charge in [-0.25, -0.2) is 4.98 Å². The van der Waals surface area contributed by atoms with Crippen molar-refractivity contribution in [1.82, 2.24) is 19.7 Å². The highest BCUT2D eigenvalue weighted by atomic mass is 32.2. The van der Waals surface area contributed by atoms with Crippen LogP contribution in [0.4, 0.5) is 5.13 Å². The molecule has 0 bridgehead atoms. The van der Waals surface area contributed by atoms with Crippen LogP contribution in [-0.2, 0) is 11.3 Å². The third-order valence-corrected chi connectivity index (χ3v) is 4.09. The monoisotopic (exact) mass is 283 g/mol. The molecule has 1 amide bonds. The summed E-state index contributed by atoms with van der Waals surface area (Å²) in [6.45, 7) is 2.41. The highest BCUT2D eigenvalue weighted by Gasteiger charge is 2.05. The highest BCUT2D eigenvalue weighted by Crippen LogP contribution is 2.25. The van der Waals surface area contributed by atoms with Crippen molar-refractivity contribution in [3.05, 3.63) is 18.7 Å². The fraction of sp³-hybridized carbons (Fsp3) is 0.400. The maximum absolute atomic E-state index is 10.8. The molecule has 0 aliphatic heterocycles. The van der Waals surface area contributed by atoms with Crippen molar-refractivity contribution in [2.45, 2.75) is 24.2 Å². The molecule has 0 saturated carbocycles. The molecule has 0 radical (unpaired) electrons. The molecule has 0 fully saturated rings. The van der Waals surface area contributed by atoms with Crippen LogP contribution in [-0.4, -0.2) is 31.4 Å². The van der Waals surface area contributed by atoms with Crippen LogP contribution in [0.1, 0.15) is 13.3 Å². The minimum Gasteiger partial charge on any atom is -0.337 e. The number of aromatic nitrogens is 4. The highest BCUT2D eigenvalue weighted by molar-refractivity contribution is 8.01.